The zero-order valence-corrected chi connectivity index (χ0v) is 22.0. The Kier molecular flexibility index (Phi) is 6.78. The van der Waals surface area contributed by atoms with Gasteiger partial charge in [-0.15, -0.1) is 0 Å². The average molecular weight is 549 g/mol. The van der Waals surface area contributed by atoms with E-state index in [4.69, 9.17) is 5.10 Å². The SMILES string of the molecule is CC1=C(C(=O)Cc2ccc3cnccc3c2)C(c2ccc(C(F)(F)F)c(F)c2)n2nc(CN3CCCC3)cc2C1. The average Bonchev–Trinajstić information content (AvgIpc) is 3.56. The van der Waals surface area contributed by atoms with Crippen molar-refractivity contribution in [2.75, 3.05) is 13.1 Å². The van der Waals surface area contributed by atoms with Crippen molar-refractivity contribution in [2.24, 2.45) is 0 Å². The van der Waals surface area contributed by atoms with Crippen molar-refractivity contribution in [3.63, 3.8) is 0 Å². The minimum atomic E-state index is -4.81. The van der Waals surface area contributed by atoms with Crippen molar-refractivity contribution in [1.29, 1.82) is 0 Å². The van der Waals surface area contributed by atoms with Gasteiger partial charge in [0.15, 0.2) is 5.78 Å². The Balaban J connectivity index is 1.40. The van der Waals surface area contributed by atoms with Crippen LogP contribution in [0.3, 0.4) is 0 Å². The number of hydrogen-bond donors (Lipinski definition) is 0. The zero-order chi connectivity index (χ0) is 28.0. The van der Waals surface area contributed by atoms with Crippen LogP contribution in [0.1, 0.15) is 53.9 Å². The van der Waals surface area contributed by atoms with Crippen LogP contribution in [0.5, 0.6) is 0 Å². The molecule has 2 aromatic heterocycles. The summed E-state index contributed by atoms with van der Waals surface area (Å²) >= 11 is 0. The topological polar surface area (TPSA) is 51.0 Å². The third-order valence-electron chi connectivity index (χ3n) is 7.86. The van der Waals surface area contributed by atoms with Gasteiger partial charge < -0.3 is 0 Å². The molecule has 40 heavy (non-hydrogen) atoms. The lowest BCUT2D eigenvalue weighted by Crippen LogP contribution is -2.28. The number of benzene rings is 2. The van der Waals surface area contributed by atoms with E-state index in [-0.39, 0.29) is 17.8 Å². The van der Waals surface area contributed by atoms with Crippen molar-refractivity contribution in [3.8, 4) is 0 Å². The molecule has 5 nitrogen and oxygen atoms in total. The van der Waals surface area contributed by atoms with E-state index in [2.05, 4.69) is 9.88 Å². The van der Waals surface area contributed by atoms with E-state index in [1.54, 1.807) is 17.1 Å². The van der Waals surface area contributed by atoms with Gasteiger partial charge >= 0.3 is 6.18 Å². The first-order valence-electron chi connectivity index (χ1n) is 13.4. The molecule has 4 aromatic rings. The number of allylic oxidation sites excluding steroid dienone is 2. The standard InChI is InChI=1S/C31H28F4N4O/c1-19-12-25-16-24(18-38-10-2-3-11-38)37-39(25)30(22-6-7-26(27(32)15-22)31(33,34)35)29(19)28(40)14-20-4-5-23-17-36-9-8-21(23)13-20/h4-9,13,15-17,30H,2-3,10-12,14,18H2,1H3. The predicted octanol–water partition coefficient (Wildman–Crippen LogP) is 6.46. The molecule has 206 valence electrons. The van der Waals surface area contributed by atoms with Gasteiger partial charge in [-0.3, -0.25) is 19.4 Å². The van der Waals surface area contributed by atoms with Crippen LogP contribution in [0, 0.1) is 5.82 Å². The Morgan fingerprint density at radius 3 is 2.58 bits per heavy atom. The van der Waals surface area contributed by atoms with E-state index < -0.39 is 23.6 Å². The highest BCUT2D eigenvalue weighted by molar-refractivity contribution is 5.99. The van der Waals surface area contributed by atoms with Gasteiger partial charge in [0.1, 0.15) is 11.9 Å². The number of alkyl halides is 3. The summed E-state index contributed by atoms with van der Waals surface area (Å²) in [5.41, 5.74) is 2.67. The minimum absolute atomic E-state index is 0.0990. The molecule has 0 saturated carbocycles. The van der Waals surface area contributed by atoms with Gasteiger partial charge in [0.25, 0.3) is 0 Å². The zero-order valence-electron chi connectivity index (χ0n) is 22.0. The first-order chi connectivity index (χ1) is 19.2. The van der Waals surface area contributed by atoms with Gasteiger partial charge in [-0.1, -0.05) is 29.8 Å². The maximum absolute atomic E-state index is 14.8. The fraction of sp³-hybridized carbons (Fsp3) is 0.323. The molecule has 1 saturated heterocycles. The lowest BCUT2D eigenvalue weighted by molar-refractivity contribution is -0.140. The van der Waals surface area contributed by atoms with Gasteiger partial charge in [-0.2, -0.15) is 18.3 Å². The Labute approximate surface area is 229 Å². The van der Waals surface area contributed by atoms with E-state index in [0.717, 1.165) is 71.4 Å². The number of pyridine rings is 1. The summed E-state index contributed by atoms with van der Waals surface area (Å²) in [5, 5.41) is 6.74. The summed E-state index contributed by atoms with van der Waals surface area (Å²) < 4.78 is 56.6. The number of rotatable bonds is 6. The van der Waals surface area contributed by atoms with Gasteiger partial charge in [-0.25, -0.2) is 4.39 Å². The van der Waals surface area contributed by atoms with E-state index >= 15 is 0 Å². The van der Waals surface area contributed by atoms with E-state index in [0.29, 0.717) is 18.5 Å². The molecule has 0 spiro atoms. The summed E-state index contributed by atoms with van der Waals surface area (Å²) in [5.74, 6) is -1.53. The molecule has 0 bridgehead atoms. The summed E-state index contributed by atoms with van der Waals surface area (Å²) in [6.07, 6.45) is 1.47. The van der Waals surface area contributed by atoms with Crippen molar-refractivity contribution in [1.82, 2.24) is 19.7 Å². The number of aromatic nitrogens is 3. The molecule has 1 unspecified atom stereocenters. The molecule has 0 N–H and O–H groups in total. The smallest absolute Gasteiger partial charge is 0.297 e. The Hall–Kier alpha value is -3.85. The minimum Gasteiger partial charge on any atom is -0.297 e. The maximum atomic E-state index is 14.8. The lowest BCUT2D eigenvalue weighted by atomic mass is 9.85. The molecule has 6 rings (SSSR count). The quantitative estimate of drug-likeness (QED) is 0.260. The van der Waals surface area contributed by atoms with Crippen molar-refractivity contribution >= 4 is 16.6 Å². The van der Waals surface area contributed by atoms with Gasteiger partial charge in [0.2, 0.25) is 0 Å². The summed E-state index contributed by atoms with van der Waals surface area (Å²) in [6.45, 7) is 4.49. The van der Waals surface area contributed by atoms with Gasteiger partial charge in [0, 0.05) is 48.4 Å². The van der Waals surface area contributed by atoms with Crippen LogP contribution >= 0.6 is 0 Å². The summed E-state index contributed by atoms with van der Waals surface area (Å²) in [6, 6.07) is 11.7. The number of ketones is 1. The van der Waals surface area contributed by atoms with Crippen LogP contribution in [0.25, 0.3) is 10.8 Å². The van der Waals surface area contributed by atoms with E-state index in [9.17, 15) is 22.4 Å². The van der Waals surface area contributed by atoms with Crippen molar-refractivity contribution in [2.45, 2.75) is 51.4 Å². The normalized spacial score (nSPS) is 18.0. The van der Waals surface area contributed by atoms with Gasteiger partial charge in [0.05, 0.1) is 11.3 Å². The number of carbonyl (C=O) groups excluding carboxylic acids is 1. The number of halogens is 4. The van der Waals surface area contributed by atoms with E-state index in [1.165, 1.54) is 6.07 Å². The maximum Gasteiger partial charge on any atom is 0.419 e. The molecule has 2 aliphatic heterocycles. The molecular weight excluding hydrogens is 520 g/mol. The summed E-state index contributed by atoms with van der Waals surface area (Å²) in [7, 11) is 0. The van der Waals surface area contributed by atoms with Crippen LogP contribution in [-0.2, 0) is 30.4 Å². The number of carbonyl (C=O) groups is 1. The largest absolute Gasteiger partial charge is 0.419 e. The molecule has 2 aliphatic rings. The lowest BCUT2D eigenvalue weighted by Gasteiger charge is -2.29. The first kappa shape index (κ1) is 26.4. The second-order valence-electron chi connectivity index (χ2n) is 10.7. The van der Waals surface area contributed by atoms with Gasteiger partial charge in [-0.05, 0) is 73.6 Å². The third kappa shape index (κ3) is 5.06. The second kappa shape index (κ2) is 10.3. The third-order valence-corrected chi connectivity index (χ3v) is 7.86. The highest BCUT2D eigenvalue weighted by Crippen LogP contribution is 2.39. The van der Waals surface area contributed by atoms with E-state index in [1.807, 2.05) is 37.3 Å². The molecule has 1 atom stereocenters. The van der Waals surface area contributed by atoms with Crippen LogP contribution in [0.15, 0.2) is 72.1 Å². The number of likely N-dealkylation sites (tertiary alicyclic amines) is 1. The highest BCUT2D eigenvalue weighted by atomic mass is 19.4. The Morgan fingerprint density at radius 2 is 1.82 bits per heavy atom. The molecule has 9 heteroatoms. The Bertz CT molecular complexity index is 1630. The highest BCUT2D eigenvalue weighted by Gasteiger charge is 2.37. The summed E-state index contributed by atoms with van der Waals surface area (Å²) in [4.78, 5) is 20.3. The molecule has 0 aliphatic carbocycles. The molecule has 2 aromatic carbocycles. The fourth-order valence-electron chi connectivity index (χ4n) is 5.97. The molecule has 0 radical (unpaired) electrons. The van der Waals surface area contributed by atoms with Crippen LogP contribution in [0.2, 0.25) is 0 Å². The number of fused-ring (bicyclic) bond motifs is 2. The number of nitrogens with zero attached hydrogens (tertiary/aromatic N) is 4. The van der Waals surface area contributed by atoms with Crippen LogP contribution in [0.4, 0.5) is 17.6 Å². The van der Waals surface area contributed by atoms with Crippen LogP contribution in [-0.4, -0.2) is 38.5 Å². The first-order valence-corrected chi connectivity index (χ1v) is 13.4. The Morgan fingerprint density at radius 1 is 1.02 bits per heavy atom. The molecule has 4 heterocycles. The molecule has 1 fully saturated rings. The molecular formula is C31H28F4N4O. The van der Waals surface area contributed by atoms with Crippen molar-refractivity contribution in [3.05, 3.63) is 106 Å². The fourth-order valence-corrected chi connectivity index (χ4v) is 5.97. The monoisotopic (exact) mass is 548 g/mol. The van der Waals surface area contributed by atoms with Crippen molar-refractivity contribution < 1.29 is 22.4 Å². The number of hydrogen-bond acceptors (Lipinski definition) is 4. The molecule has 0 amide bonds. The number of Topliss-reactive ketones (excluding diaryl/α,β-unsaturated/α-hetero) is 1. The predicted molar refractivity (Wildman–Crippen MR) is 143 cm³/mol. The second-order valence-corrected chi connectivity index (χ2v) is 10.7. The van der Waals surface area contributed by atoms with Crippen LogP contribution < -0.4 is 0 Å².